The van der Waals surface area contributed by atoms with Crippen molar-refractivity contribution < 1.29 is 4.42 Å². The van der Waals surface area contributed by atoms with Crippen molar-refractivity contribution >= 4 is 22.1 Å². The highest BCUT2D eigenvalue weighted by atomic mass is 16.3. The van der Waals surface area contributed by atoms with Gasteiger partial charge in [-0.15, -0.1) is 0 Å². The van der Waals surface area contributed by atoms with E-state index < -0.39 is 0 Å². The van der Waals surface area contributed by atoms with E-state index in [0.717, 1.165) is 39.7 Å². The summed E-state index contributed by atoms with van der Waals surface area (Å²) in [6, 6.07) is 12.6. The first-order valence-corrected chi connectivity index (χ1v) is 9.06. The normalized spacial score (nSPS) is 12.2. The van der Waals surface area contributed by atoms with Gasteiger partial charge in [0.2, 0.25) is 5.71 Å². The first-order chi connectivity index (χ1) is 12.3. The lowest BCUT2D eigenvalue weighted by Gasteiger charge is -2.20. The zero-order chi connectivity index (χ0) is 18.5. The third-order valence-electron chi connectivity index (χ3n) is 4.71. The van der Waals surface area contributed by atoms with Crippen LogP contribution < -0.4 is 0 Å². The Morgan fingerprint density at radius 3 is 2.54 bits per heavy atom. The molecule has 132 valence electrons. The maximum Gasteiger partial charge on any atom is 0.227 e. The van der Waals surface area contributed by atoms with Crippen LogP contribution in [0.4, 0.5) is 0 Å². The predicted octanol–water partition coefficient (Wildman–Crippen LogP) is 6.25. The van der Waals surface area contributed by atoms with E-state index in [2.05, 4.69) is 61.9 Å². The summed E-state index contributed by atoms with van der Waals surface area (Å²) in [4.78, 5) is 9.18. The molecule has 0 atom stereocenters. The van der Waals surface area contributed by atoms with Gasteiger partial charge in [0.05, 0.1) is 5.69 Å². The molecular formula is C23H24N2O. The van der Waals surface area contributed by atoms with E-state index in [0.29, 0.717) is 5.71 Å². The zero-order valence-corrected chi connectivity index (χ0v) is 16.1. The van der Waals surface area contributed by atoms with Gasteiger partial charge in [0.1, 0.15) is 5.58 Å². The highest BCUT2D eigenvalue weighted by molar-refractivity contribution is 6.04. The summed E-state index contributed by atoms with van der Waals surface area (Å²) in [5.41, 5.74) is 7.49. The topological polar surface area (TPSA) is 38.9 Å². The van der Waals surface area contributed by atoms with Crippen LogP contribution >= 0.6 is 0 Å². The number of rotatable bonds is 2. The average Bonchev–Trinajstić information content (AvgIpc) is 2.92. The smallest absolute Gasteiger partial charge is 0.227 e. The zero-order valence-electron chi connectivity index (χ0n) is 16.1. The first-order valence-electron chi connectivity index (χ1n) is 9.06. The van der Waals surface area contributed by atoms with Gasteiger partial charge in [-0.05, 0) is 73.2 Å². The van der Waals surface area contributed by atoms with Crippen LogP contribution in [0.1, 0.15) is 37.6 Å². The predicted molar refractivity (Wildman–Crippen MR) is 107 cm³/mol. The van der Waals surface area contributed by atoms with Crippen LogP contribution in [0.3, 0.4) is 0 Å². The fourth-order valence-corrected chi connectivity index (χ4v) is 3.39. The van der Waals surface area contributed by atoms with Gasteiger partial charge >= 0.3 is 0 Å². The molecule has 4 aromatic rings. The molecule has 3 heteroatoms. The van der Waals surface area contributed by atoms with Crippen LogP contribution in [0.2, 0.25) is 0 Å². The molecule has 26 heavy (non-hydrogen) atoms. The number of nitrogens with zero attached hydrogens (tertiary/aromatic N) is 2. The Morgan fingerprint density at radius 2 is 1.77 bits per heavy atom. The lowest BCUT2D eigenvalue weighted by Crippen LogP contribution is -2.10. The molecule has 3 nitrogen and oxygen atoms in total. The monoisotopic (exact) mass is 344 g/mol. The van der Waals surface area contributed by atoms with Crippen molar-refractivity contribution in [1.82, 2.24) is 9.97 Å². The summed E-state index contributed by atoms with van der Waals surface area (Å²) in [6.45, 7) is 10.9. The average molecular weight is 344 g/mol. The number of aryl methyl sites for hydroxylation is 2. The van der Waals surface area contributed by atoms with Crippen molar-refractivity contribution in [2.45, 2.75) is 41.0 Å². The van der Waals surface area contributed by atoms with Gasteiger partial charge in [-0.3, -0.25) is 4.98 Å². The molecule has 0 aliphatic rings. The summed E-state index contributed by atoms with van der Waals surface area (Å²) < 4.78 is 5.90. The minimum atomic E-state index is 0.248. The third kappa shape index (κ3) is 3.10. The Balaban J connectivity index is 1.84. The number of pyridine rings is 2. The summed E-state index contributed by atoms with van der Waals surface area (Å²) in [5, 5.41) is 2.14. The molecule has 0 unspecified atom stereocenters. The Labute approximate surface area is 154 Å². The Kier molecular flexibility index (Phi) is 3.83. The molecule has 4 rings (SSSR count). The van der Waals surface area contributed by atoms with Crippen molar-refractivity contribution in [3.05, 3.63) is 59.4 Å². The molecule has 0 fully saturated rings. The van der Waals surface area contributed by atoms with Crippen molar-refractivity contribution in [1.29, 1.82) is 0 Å². The summed E-state index contributed by atoms with van der Waals surface area (Å²) in [5.74, 6) is 0. The van der Waals surface area contributed by atoms with Gasteiger partial charge in [-0.25, -0.2) is 4.98 Å². The maximum atomic E-state index is 5.90. The van der Waals surface area contributed by atoms with Crippen molar-refractivity contribution in [2.75, 3.05) is 0 Å². The summed E-state index contributed by atoms with van der Waals surface area (Å²) in [7, 11) is 0. The Hall–Kier alpha value is -2.68. The van der Waals surface area contributed by atoms with Crippen LogP contribution in [0.25, 0.3) is 33.3 Å². The molecule has 3 heterocycles. The minimum absolute atomic E-state index is 0.248. The standard InChI is InChI=1S/C23H24N2O/c1-14-13-24-20(11-17(14)12-23(3,4)5)16-7-9-21-19(10-16)18-8-6-15(2)25-22(18)26-21/h6-11,13H,12H2,1-5H3. The van der Waals surface area contributed by atoms with Crippen LogP contribution in [-0.4, -0.2) is 9.97 Å². The van der Waals surface area contributed by atoms with Crippen LogP contribution in [0.5, 0.6) is 0 Å². The highest BCUT2D eigenvalue weighted by Crippen LogP contribution is 2.32. The lowest BCUT2D eigenvalue weighted by atomic mass is 9.86. The van der Waals surface area contributed by atoms with E-state index in [4.69, 9.17) is 4.42 Å². The molecule has 0 aliphatic carbocycles. The van der Waals surface area contributed by atoms with Crippen molar-refractivity contribution in [3.8, 4) is 11.3 Å². The number of hydrogen-bond donors (Lipinski definition) is 0. The Bertz CT molecular complexity index is 1120. The lowest BCUT2D eigenvalue weighted by molar-refractivity contribution is 0.410. The second kappa shape index (κ2) is 5.94. The Morgan fingerprint density at radius 1 is 0.962 bits per heavy atom. The minimum Gasteiger partial charge on any atom is -0.438 e. The quantitative estimate of drug-likeness (QED) is 0.431. The van der Waals surface area contributed by atoms with Crippen LogP contribution in [-0.2, 0) is 6.42 Å². The highest BCUT2D eigenvalue weighted by Gasteiger charge is 2.15. The van der Waals surface area contributed by atoms with E-state index in [1.807, 2.05) is 25.3 Å². The summed E-state index contributed by atoms with van der Waals surface area (Å²) >= 11 is 0. The molecule has 0 saturated heterocycles. The van der Waals surface area contributed by atoms with E-state index in [-0.39, 0.29) is 5.41 Å². The molecule has 0 spiro atoms. The van der Waals surface area contributed by atoms with E-state index in [1.165, 1.54) is 11.1 Å². The molecule has 1 aromatic carbocycles. The number of furan rings is 1. The van der Waals surface area contributed by atoms with Crippen molar-refractivity contribution in [3.63, 3.8) is 0 Å². The van der Waals surface area contributed by atoms with Crippen LogP contribution in [0, 0.1) is 19.3 Å². The van der Waals surface area contributed by atoms with Gasteiger partial charge in [-0.2, -0.15) is 0 Å². The maximum absolute atomic E-state index is 5.90. The van der Waals surface area contributed by atoms with E-state index in [1.54, 1.807) is 0 Å². The summed E-state index contributed by atoms with van der Waals surface area (Å²) in [6.07, 6.45) is 3.02. The van der Waals surface area contributed by atoms with Gasteiger partial charge < -0.3 is 4.42 Å². The number of aromatic nitrogens is 2. The number of hydrogen-bond acceptors (Lipinski definition) is 3. The van der Waals surface area contributed by atoms with Gasteiger partial charge in [0.25, 0.3) is 0 Å². The molecular weight excluding hydrogens is 320 g/mol. The molecule has 3 aromatic heterocycles. The molecule has 0 radical (unpaired) electrons. The molecule has 0 aliphatic heterocycles. The van der Waals surface area contributed by atoms with E-state index in [9.17, 15) is 0 Å². The van der Waals surface area contributed by atoms with Gasteiger partial charge in [-0.1, -0.05) is 20.8 Å². The second-order valence-electron chi connectivity index (χ2n) is 8.35. The largest absolute Gasteiger partial charge is 0.438 e. The van der Waals surface area contributed by atoms with Crippen molar-refractivity contribution in [2.24, 2.45) is 5.41 Å². The number of fused-ring (bicyclic) bond motifs is 3. The SMILES string of the molecule is Cc1ccc2c(n1)oc1ccc(-c3cc(CC(C)(C)C)c(C)cn3)cc12. The second-order valence-corrected chi connectivity index (χ2v) is 8.35. The number of benzene rings is 1. The first kappa shape index (κ1) is 16.8. The molecule has 0 amide bonds. The van der Waals surface area contributed by atoms with Gasteiger partial charge in [0.15, 0.2) is 0 Å². The fourth-order valence-electron chi connectivity index (χ4n) is 3.39. The molecule has 0 N–H and O–H groups in total. The van der Waals surface area contributed by atoms with Gasteiger partial charge in [0, 0.05) is 28.2 Å². The third-order valence-corrected chi connectivity index (χ3v) is 4.71. The molecule has 0 saturated carbocycles. The van der Waals surface area contributed by atoms with Crippen LogP contribution in [0.15, 0.2) is 47.0 Å². The fraction of sp³-hybridized carbons (Fsp3) is 0.304. The molecule has 0 bridgehead atoms. The van der Waals surface area contributed by atoms with E-state index >= 15 is 0 Å².